The van der Waals surface area contributed by atoms with Crippen LogP contribution in [0.4, 0.5) is 0 Å². The predicted molar refractivity (Wildman–Crippen MR) is 49.7 cm³/mol. The van der Waals surface area contributed by atoms with Crippen LogP contribution >= 0.6 is 11.6 Å². The number of aryl methyl sites for hydroxylation is 1. The second-order valence-corrected chi connectivity index (χ2v) is 4.96. The summed E-state index contributed by atoms with van der Waals surface area (Å²) >= 11 is 5.19. The molecule has 0 fully saturated rings. The van der Waals surface area contributed by atoms with Gasteiger partial charge in [0.05, 0.1) is 6.20 Å². The van der Waals surface area contributed by atoms with Crippen LogP contribution in [0.1, 0.15) is 5.56 Å². The van der Waals surface area contributed by atoms with Crippen molar-refractivity contribution < 1.29 is 8.42 Å². The second-order valence-electron chi connectivity index (χ2n) is 2.57. The topological polar surface area (TPSA) is 64.0 Å². The summed E-state index contributed by atoms with van der Waals surface area (Å²) in [5.41, 5.74) is 0.802. The van der Waals surface area contributed by atoms with Gasteiger partial charge in [0, 0.05) is 25.4 Å². The minimum Gasteiger partial charge on any atom is -0.275 e. The Morgan fingerprint density at radius 3 is 2.85 bits per heavy atom. The SMILES string of the molecule is Cn1cc(CNS(=O)(=O)CCl)cn1. The van der Waals surface area contributed by atoms with Gasteiger partial charge >= 0.3 is 0 Å². The molecule has 0 saturated carbocycles. The molecule has 0 bridgehead atoms. The lowest BCUT2D eigenvalue weighted by atomic mass is 10.4. The number of alkyl halides is 1. The third kappa shape index (κ3) is 3.33. The van der Waals surface area contributed by atoms with E-state index in [9.17, 15) is 8.42 Å². The molecule has 0 radical (unpaired) electrons. The van der Waals surface area contributed by atoms with Gasteiger partial charge in [-0.3, -0.25) is 4.68 Å². The maximum atomic E-state index is 10.9. The normalized spacial score (nSPS) is 11.8. The van der Waals surface area contributed by atoms with E-state index < -0.39 is 15.2 Å². The summed E-state index contributed by atoms with van der Waals surface area (Å²) in [5, 5.41) is 3.47. The number of sulfonamides is 1. The molecule has 1 aromatic rings. The van der Waals surface area contributed by atoms with Gasteiger partial charge in [0.25, 0.3) is 0 Å². The summed E-state index contributed by atoms with van der Waals surface area (Å²) in [4.78, 5) is 0. The zero-order valence-corrected chi connectivity index (χ0v) is 8.64. The average Bonchev–Trinajstić information content (AvgIpc) is 2.48. The number of nitrogens with zero attached hydrogens (tertiary/aromatic N) is 2. The molecule has 0 aliphatic carbocycles. The summed E-state index contributed by atoms with van der Waals surface area (Å²) < 4.78 is 25.7. The quantitative estimate of drug-likeness (QED) is 0.733. The Kier molecular flexibility index (Phi) is 3.29. The van der Waals surface area contributed by atoms with Crippen LogP contribution in [0, 0.1) is 0 Å². The maximum absolute atomic E-state index is 10.9. The van der Waals surface area contributed by atoms with Gasteiger partial charge < -0.3 is 0 Å². The Morgan fingerprint density at radius 2 is 2.38 bits per heavy atom. The average molecular weight is 224 g/mol. The third-order valence-electron chi connectivity index (χ3n) is 1.40. The highest BCUT2D eigenvalue weighted by atomic mass is 35.5. The van der Waals surface area contributed by atoms with E-state index in [1.807, 2.05) is 0 Å². The fourth-order valence-corrected chi connectivity index (χ4v) is 1.49. The van der Waals surface area contributed by atoms with Crippen molar-refractivity contribution in [2.24, 2.45) is 7.05 Å². The number of hydrogen-bond acceptors (Lipinski definition) is 3. The molecule has 13 heavy (non-hydrogen) atoms. The Bertz CT molecular complexity index is 373. The Hall–Kier alpha value is -0.590. The number of hydrogen-bond donors (Lipinski definition) is 1. The van der Waals surface area contributed by atoms with Crippen LogP contribution in [0.3, 0.4) is 0 Å². The van der Waals surface area contributed by atoms with Gasteiger partial charge in [-0.25, -0.2) is 13.1 Å². The summed E-state index contributed by atoms with van der Waals surface area (Å²) in [5.74, 6) is 0. The first-order chi connectivity index (χ1) is 6.03. The maximum Gasteiger partial charge on any atom is 0.225 e. The lowest BCUT2D eigenvalue weighted by Crippen LogP contribution is -2.23. The molecule has 0 amide bonds. The van der Waals surface area contributed by atoms with Gasteiger partial charge in [0.15, 0.2) is 0 Å². The van der Waals surface area contributed by atoms with Crippen molar-refractivity contribution >= 4 is 21.6 Å². The number of rotatable bonds is 4. The molecule has 0 aliphatic rings. The molecule has 0 atom stereocenters. The van der Waals surface area contributed by atoms with E-state index in [1.165, 1.54) is 0 Å². The first-order valence-electron chi connectivity index (χ1n) is 3.54. The van der Waals surface area contributed by atoms with Crippen LogP contribution in [0.25, 0.3) is 0 Å². The highest BCUT2D eigenvalue weighted by Crippen LogP contribution is 1.97. The molecule has 1 heterocycles. The minimum atomic E-state index is -3.33. The molecule has 7 heteroatoms. The van der Waals surface area contributed by atoms with Gasteiger partial charge in [-0.05, 0) is 0 Å². The van der Waals surface area contributed by atoms with E-state index in [0.29, 0.717) is 0 Å². The Morgan fingerprint density at radius 1 is 1.69 bits per heavy atom. The first kappa shape index (κ1) is 10.5. The fraction of sp³-hybridized carbons (Fsp3) is 0.500. The predicted octanol–water partition coefficient (Wildman–Crippen LogP) is 0.0358. The standard InChI is InChI=1S/C6H10ClN3O2S/c1-10-4-6(2-8-10)3-9-13(11,12)5-7/h2,4,9H,3,5H2,1H3. The molecular formula is C6H10ClN3O2S. The van der Waals surface area contributed by atoms with Crippen molar-refractivity contribution in [3.63, 3.8) is 0 Å². The van der Waals surface area contributed by atoms with Gasteiger partial charge in [-0.1, -0.05) is 0 Å². The van der Waals surface area contributed by atoms with Crippen LogP contribution in [0.15, 0.2) is 12.4 Å². The molecule has 0 unspecified atom stereocenters. The van der Waals surface area contributed by atoms with Crippen molar-refractivity contribution in [1.82, 2.24) is 14.5 Å². The largest absolute Gasteiger partial charge is 0.275 e. The van der Waals surface area contributed by atoms with Crippen molar-refractivity contribution in [2.75, 3.05) is 5.21 Å². The molecule has 5 nitrogen and oxygen atoms in total. The van der Waals surface area contributed by atoms with Crippen molar-refractivity contribution in [1.29, 1.82) is 0 Å². The van der Waals surface area contributed by atoms with Crippen molar-refractivity contribution in [3.05, 3.63) is 18.0 Å². The highest BCUT2D eigenvalue weighted by molar-refractivity contribution is 7.90. The fourth-order valence-electron chi connectivity index (χ4n) is 0.795. The zero-order valence-electron chi connectivity index (χ0n) is 7.07. The molecule has 0 aromatic carbocycles. The summed E-state index contributed by atoms with van der Waals surface area (Å²) in [6, 6.07) is 0. The van der Waals surface area contributed by atoms with E-state index in [4.69, 9.17) is 11.6 Å². The monoisotopic (exact) mass is 223 g/mol. The molecule has 0 saturated heterocycles. The van der Waals surface area contributed by atoms with Gasteiger partial charge in [-0.15, -0.1) is 11.6 Å². The van der Waals surface area contributed by atoms with E-state index in [-0.39, 0.29) is 6.54 Å². The molecule has 74 valence electrons. The smallest absolute Gasteiger partial charge is 0.225 e. The number of aromatic nitrogens is 2. The van der Waals surface area contributed by atoms with Crippen LogP contribution in [0.5, 0.6) is 0 Å². The van der Waals surface area contributed by atoms with E-state index in [0.717, 1.165) is 5.56 Å². The van der Waals surface area contributed by atoms with Gasteiger partial charge in [0.2, 0.25) is 10.0 Å². The Balaban J connectivity index is 2.53. The molecule has 1 rings (SSSR count). The van der Waals surface area contributed by atoms with Crippen LogP contribution < -0.4 is 4.72 Å². The molecule has 0 aliphatic heterocycles. The van der Waals surface area contributed by atoms with Crippen molar-refractivity contribution in [3.8, 4) is 0 Å². The van der Waals surface area contributed by atoms with Crippen molar-refractivity contribution in [2.45, 2.75) is 6.54 Å². The zero-order chi connectivity index (χ0) is 9.90. The highest BCUT2D eigenvalue weighted by Gasteiger charge is 2.07. The number of nitrogens with one attached hydrogen (secondary N) is 1. The van der Waals surface area contributed by atoms with E-state index >= 15 is 0 Å². The van der Waals surface area contributed by atoms with Gasteiger partial charge in [-0.2, -0.15) is 5.10 Å². The van der Waals surface area contributed by atoms with Gasteiger partial charge in [0.1, 0.15) is 5.21 Å². The lowest BCUT2D eigenvalue weighted by Gasteiger charge is -1.99. The number of halogens is 1. The molecule has 0 spiro atoms. The minimum absolute atomic E-state index is 0.225. The van der Waals surface area contributed by atoms with E-state index in [2.05, 4.69) is 9.82 Å². The summed E-state index contributed by atoms with van der Waals surface area (Å²) in [7, 11) is -1.57. The molecule has 1 aromatic heterocycles. The van der Waals surface area contributed by atoms with E-state index in [1.54, 1.807) is 24.1 Å². The second kappa shape index (κ2) is 4.08. The third-order valence-corrected chi connectivity index (χ3v) is 3.13. The van der Waals surface area contributed by atoms with Crippen LogP contribution in [-0.2, 0) is 23.6 Å². The van der Waals surface area contributed by atoms with Crippen LogP contribution in [0.2, 0.25) is 0 Å². The summed E-state index contributed by atoms with van der Waals surface area (Å²) in [6.07, 6.45) is 3.33. The lowest BCUT2D eigenvalue weighted by molar-refractivity contribution is 0.586. The Labute approximate surface area is 81.7 Å². The molecular weight excluding hydrogens is 214 g/mol. The molecule has 1 N–H and O–H groups in total. The summed E-state index contributed by atoms with van der Waals surface area (Å²) in [6.45, 7) is 0.225. The van der Waals surface area contributed by atoms with Crippen LogP contribution in [-0.4, -0.2) is 23.4 Å². The first-order valence-corrected chi connectivity index (χ1v) is 5.73.